The number of aromatic nitrogens is 1. The number of rotatable bonds is 6. The number of fused-ring (bicyclic) bond motifs is 1. The summed E-state index contributed by atoms with van der Waals surface area (Å²) in [7, 11) is 0. The van der Waals surface area contributed by atoms with Crippen LogP contribution in [0.4, 0.5) is 4.39 Å². The zero-order valence-corrected chi connectivity index (χ0v) is 16.9. The smallest absolute Gasteiger partial charge is 0.243 e. The number of hydrazone groups is 1. The number of hydrogen-bond acceptors (Lipinski definition) is 2. The molecule has 2 atom stereocenters. The van der Waals surface area contributed by atoms with E-state index < -0.39 is 0 Å². The van der Waals surface area contributed by atoms with Gasteiger partial charge < -0.3 is 4.57 Å². The van der Waals surface area contributed by atoms with Gasteiger partial charge in [0.25, 0.3) is 0 Å². The molecule has 4 nitrogen and oxygen atoms in total. The lowest BCUT2D eigenvalue weighted by atomic mass is 10.1. The highest BCUT2D eigenvalue weighted by Crippen LogP contribution is 2.47. The molecule has 154 valence electrons. The van der Waals surface area contributed by atoms with Gasteiger partial charge in [-0.05, 0) is 30.0 Å². The first-order chi connectivity index (χ1) is 15.2. The van der Waals surface area contributed by atoms with Crippen molar-refractivity contribution in [1.29, 1.82) is 0 Å². The molecule has 0 aliphatic heterocycles. The average Bonchev–Trinajstić information content (AvgIpc) is 3.54. The summed E-state index contributed by atoms with van der Waals surface area (Å²) in [6.07, 6.45) is 4.46. The van der Waals surface area contributed by atoms with Crippen molar-refractivity contribution < 1.29 is 9.18 Å². The van der Waals surface area contributed by atoms with Crippen LogP contribution in [0.1, 0.15) is 29.0 Å². The van der Waals surface area contributed by atoms with E-state index in [1.165, 1.54) is 11.6 Å². The molecular weight excluding hydrogens is 389 g/mol. The Hall–Kier alpha value is -3.73. The number of para-hydroxylation sites is 1. The molecule has 1 N–H and O–H groups in total. The fourth-order valence-corrected chi connectivity index (χ4v) is 4.12. The minimum Gasteiger partial charge on any atom is -0.342 e. The maximum Gasteiger partial charge on any atom is 0.243 e. The Morgan fingerprint density at radius 2 is 1.77 bits per heavy atom. The number of carbonyl (C=O) groups excluding carboxylic acids is 1. The highest BCUT2D eigenvalue weighted by molar-refractivity contribution is 5.99. The van der Waals surface area contributed by atoms with Crippen LogP contribution in [0.5, 0.6) is 0 Å². The van der Waals surface area contributed by atoms with Crippen molar-refractivity contribution in [2.45, 2.75) is 18.9 Å². The number of halogens is 1. The summed E-state index contributed by atoms with van der Waals surface area (Å²) in [6, 6.07) is 24.8. The molecule has 0 saturated heterocycles. The molecule has 0 radical (unpaired) electrons. The Kier molecular flexibility index (Phi) is 5.08. The molecule has 0 bridgehead atoms. The first kappa shape index (κ1) is 19.2. The maximum atomic E-state index is 14.1. The van der Waals surface area contributed by atoms with E-state index in [9.17, 15) is 9.18 Å². The molecule has 1 aliphatic carbocycles. The van der Waals surface area contributed by atoms with Crippen LogP contribution >= 0.6 is 0 Å². The molecule has 5 rings (SSSR count). The second kappa shape index (κ2) is 8.19. The van der Waals surface area contributed by atoms with Crippen molar-refractivity contribution in [3.05, 3.63) is 108 Å². The van der Waals surface area contributed by atoms with Gasteiger partial charge in [0.15, 0.2) is 0 Å². The van der Waals surface area contributed by atoms with Crippen molar-refractivity contribution in [3.8, 4) is 0 Å². The summed E-state index contributed by atoms with van der Waals surface area (Å²) < 4.78 is 16.1. The monoisotopic (exact) mass is 411 g/mol. The quantitative estimate of drug-likeness (QED) is 0.349. The Morgan fingerprint density at radius 3 is 2.61 bits per heavy atom. The van der Waals surface area contributed by atoms with Gasteiger partial charge in [-0.3, -0.25) is 4.79 Å². The van der Waals surface area contributed by atoms with Crippen molar-refractivity contribution in [3.63, 3.8) is 0 Å². The van der Waals surface area contributed by atoms with Gasteiger partial charge in [0.1, 0.15) is 5.82 Å². The van der Waals surface area contributed by atoms with Crippen LogP contribution in [0.15, 0.2) is 90.2 Å². The van der Waals surface area contributed by atoms with Crippen LogP contribution in [0.2, 0.25) is 0 Å². The lowest BCUT2D eigenvalue weighted by Crippen LogP contribution is -2.20. The fourth-order valence-electron chi connectivity index (χ4n) is 4.12. The van der Waals surface area contributed by atoms with Crippen LogP contribution in [0.25, 0.3) is 10.9 Å². The highest BCUT2D eigenvalue weighted by atomic mass is 19.1. The van der Waals surface area contributed by atoms with E-state index in [2.05, 4.69) is 22.7 Å². The van der Waals surface area contributed by atoms with E-state index in [1.807, 2.05) is 59.3 Å². The van der Waals surface area contributed by atoms with Gasteiger partial charge in [0.2, 0.25) is 5.91 Å². The van der Waals surface area contributed by atoms with E-state index in [4.69, 9.17) is 0 Å². The molecule has 1 heterocycles. The third-order valence-corrected chi connectivity index (χ3v) is 5.85. The van der Waals surface area contributed by atoms with Gasteiger partial charge in [0.05, 0.1) is 12.8 Å². The van der Waals surface area contributed by atoms with Crippen molar-refractivity contribution in [2.24, 2.45) is 11.0 Å². The summed E-state index contributed by atoms with van der Waals surface area (Å²) >= 11 is 0. The summed E-state index contributed by atoms with van der Waals surface area (Å²) in [6.45, 7) is 0.425. The maximum absolute atomic E-state index is 14.1. The van der Waals surface area contributed by atoms with E-state index in [-0.39, 0.29) is 23.6 Å². The zero-order chi connectivity index (χ0) is 21.2. The van der Waals surface area contributed by atoms with E-state index in [0.717, 1.165) is 22.9 Å². The van der Waals surface area contributed by atoms with Crippen molar-refractivity contribution >= 4 is 23.0 Å². The normalized spacial score (nSPS) is 17.8. The molecule has 5 heteroatoms. The molecule has 0 spiro atoms. The van der Waals surface area contributed by atoms with Crippen LogP contribution < -0.4 is 5.43 Å². The minimum atomic E-state index is -0.222. The predicted molar refractivity (Wildman–Crippen MR) is 120 cm³/mol. The number of nitrogens with one attached hydrogen (secondary N) is 1. The number of nitrogens with zero attached hydrogens (tertiary/aromatic N) is 2. The molecule has 4 aromatic rings. The van der Waals surface area contributed by atoms with Gasteiger partial charge in [-0.2, -0.15) is 5.10 Å². The van der Waals surface area contributed by atoms with Gasteiger partial charge >= 0.3 is 0 Å². The first-order valence-corrected chi connectivity index (χ1v) is 10.4. The second-order valence-electron chi connectivity index (χ2n) is 7.91. The summed E-state index contributed by atoms with van der Waals surface area (Å²) in [5.74, 6) is -0.0265. The van der Waals surface area contributed by atoms with Crippen molar-refractivity contribution in [1.82, 2.24) is 9.99 Å². The lowest BCUT2D eigenvalue weighted by Gasteiger charge is -2.06. The highest BCUT2D eigenvalue weighted by Gasteiger charge is 2.43. The predicted octanol–water partition coefficient (Wildman–Crippen LogP) is 5.08. The molecule has 1 aromatic heterocycles. The summed E-state index contributed by atoms with van der Waals surface area (Å²) in [4.78, 5) is 12.5. The van der Waals surface area contributed by atoms with Gasteiger partial charge in [0, 0.05) is 34.1 Å². The molecule has 1 aliphatic rings. The molecule has 1 saturated carbocycles. The number of benzene rings is 3. The molecular formula is C26H22FN3O. The number of carbonyl (C=O) groups is 1. The molecule has 31 heavy (non-hydrogen) atoms. The van der Waals surface area contributed by atoms with Gasteiger partial charge in [-0.25, -0.2) is 9.82 Å². The molecule has 3 aromatic carbocycles. The second-order valence-corrected chi connectivity index (χ2v) is 7.91. The molecule has 2 unspecified atom stereocenters. The van der Waals surface area contributed by atoms with E-state index in [0.29, 0.717) is 12.1 Å². The Labute approximate surface area is 180 Å². The average molecular weight is 411 g/mol. The van der Waals surface area contributed by atoms with Crippen LogP contribution in [-0.2, 0) is 11.3 Å². The summed E-state index contributed by atoms with van der Waals surface area (Å²) in [5.41, 5.74) is 6.38. The van der Waals surface area contributed by atoms with Crippen LogP contribution in [-0.4, -0.2) is 16.7 Å². The van der Waals surface area contributed by atoms with E-state index in [1.54, 1.807) is 18.3 Å². The molecule has 1 amide bonds. The van der Waals surface area contributed by atoms with Crippen LogP contribution in [0, 0.1) is 11.7 Å². The zero-order valence-electron chi connectivity index (χ0n) is 16.9. The number of hydrogen-bond donors (Lipinski definition) is 1. The Morgan fingerprint density at radius 1 is 1.03 bits per heavy atom. The van der Waals surface area contributed by atoms with Crippen LogP contribution in [0.3, 0.4) is 0 Å². The first-order valence-electron chi connectivity index (χ1n) is 10.4. The summed E-state index contributed by atoms with van der Waals surface area (Å²) in [5, 5.41) is 5.21. The Bertz CT molecular complexity index is 1260. The number of amides is 1. The minimum absolute atomic E-state index is 0.0260. The van der Waals surface area contributed by atoms with Crippen molar-refractivity contribution in [2.75, 3.05) is 0 Å². The SMILES string of the molecule is O=C(NN=Cc1cn(Cc2ccccc2F)c2ccccc12)C1CC1c1ccccc1. The van der Waals surface area contributed by atoms with E-state index >= 15 is 0 Å². The lowest BCUT2D eigenvalue weighted by molar-refractivity contribution is -0.122. The topological polar surface area (TPSA) is 46.4 Å². The Balaban J connectivity index is 1.31. The third-order valence-electron chi connectivity index (χ3n) is 5.85. The van der Waals surface area contributed by atoms with Gasteiger partial charge in [-0.1, -0.05) is 66.7 Å². The molecule has 1 fully saturated rings. The third kappa shape index (κ3) is 3.99. The largest absolute Gasteiger partial charge is 0.342 e. The van der Waals surface area contributed by atoms with Gasteiger partial charge in [-0.15, -0.1) is 0 Å². The standard InChI is InChI=1S/C26H22FN3O/c27-24-12-6-4-10-19(24)16-30-17-20(21-11-5-7-13-25(21)30)15-28-29-26(31)23-14-22(23)18-8-2-1-3-9-18/h1-13,15,17,22-23H,14,16H2,(H,29,31). The fraction of sp³-hybridized carbons (Fsp3) is 0.154.